The number of nitrogens with zero attached hydrogens (tertiary/aromatic N) is 8. The van der Waals surface area contributed by atoms with Crippen LogP contribution in [0.4, 0.5) is 0 Å². The van der Waals surface area contributed by atoms with E-state index in [9.17, 15) is 9.59 Å². The lowest BCUT2D eigenvalue weighted by molar-refractivity contribution is 0.0364. The fraction of sp³-hybridized carbons (Fsp3) is 0.400. The predicted molar refractivity (Wildman–Crippen MR) is 109 cm³/mol. The van der Waals surface area contributed by atoms with Crippen LogP contribution in [0.25, 0.3) is 0 Å². The predicted octanol–water partition coefficient (Wildman–Crippen LogP) is -0.151. The number of piperazine rings is 1. The van der Waals surface area contributed by atoms with Crippen LogP contribution in [0.2, 0.25) is 0 Å². The van der Waals surface area contributed by atoms with Gasteiger partial charge in [-0.3, -0.25) is 19.2 Å². The monoisotopic (exact) mass is 421 g/mol. The first-order valence-electron chi connectivity index (χ1n) is 10.2. The van der Waals surface area contributed by atoms with Gasteiger partial charge in [-0.25, -0.2) is 4.98 Å². The lowest BCUT2D eigenvalue weighted by Crippen LogP contribution is -2.54. The van der Waals surface area contributed by atoms with Crippen molar-refractivity contribution in [3.8, 4) is 0 Å². The van der Waals surface area contributed by atoms with Crippen LogP contribution in [0.5, 0.6) is 0 Å². The number of hydrogen-bond acceptors (Lipinski definition) is 7. The minimum Gasteiger partial charge on any atom is -0.345 e. The lowest BCUT2D eigenvalue weighted by Gasteiger charge is -2.43. The van der Waals surface area contributed by atoms with E-state index in [1.807, 2.05) is 34.9 Å². The molecule has 5 rings (SSSR count). The summed E-state index contributed by atoms with van der Waals surface area (Å²) in [4.78, 5) is 33.6. The Labute approximate surface area is 178 Å². The maximum atomic E-state index is 12.8. The van der Waals surface area contributed by atoms with Gasteiger partial charge in [0.25, 0.3) is 11.8 Å². The summed E-state index contributed by atoms with van der Waals surface area (Å²) in [6.07, 6.45) is 1.51. The van der Waals surface area contributed by atoms with Crippen LogP contribution in [0.3, 0.4) is 0 Å². The quantitative estimate of drug-likeness (QED) is 0.623. The Hall–Kier alpha value is -3.60. The van der Waals surface area contributed by atoms with Crippen molar-refractivity contribution in [1.29, 1.82) is 0 Å². The molecule has 2 aromatic heterocycles. The fourth-order valence-electron chi connectivity index (χ4n) is 4.13. The van der Waals surface area contributed by atoms with E-state index in [0.717, 1.165) is 18.7 Å². The normalized spacial score (nSPS) is 18.4. The highest BCUT2D eigenvalue weighted by Crippen LogP contribution is 2.28. The van der Waals surface area contributed by atoms with Gasteiger partial charge in [0.05, 0.1) is 6.04 Å². The molecule has 2 aliphatic rings. The molecular formula is C20H23N9O2. The maximum Gasteiger partial charge on any atom is 0.293 e. The van der Waals surface area contributed by atoms with E-state index in [1.54, 1.807) is 11.9 Å². The molecule has 1 N–H and O–H groups in total. The summed E-state index contributed by atoms with van der Waals surface area (Å²) in [6.45, 7) is 3.64. The van der Waals surface area contributed by atoms with Crippen LogP contribution in [0, 0.1) is 0 Å². The lowest BCUT2D eigenvalue weighted by atomic mass is 10.1. The average molecular weight is 421 g/mol. The van der Waals surface area contributed by atoms with Gasteiger partial charge in [-0.2, -0.15) is 0 Å². The molecule has 2 amide bonds. The third kappa shape index (κ3) is 3.67. The number of amides is 2. The van der Waals surface area contributed by atoms with Gasteiger partial charge in [0.15, 0.2) is 5.82 Å². The number of carbonyl (C=O) groups excluding carboxylic acids is 2. The van der Waals surface area contributed by atoms with Crippen LogP contribution < -0.4 is 5.32 Å². The van der Waals surface area contributed by atoms with E-state index in [2.05, 4.69) is 30.5 Å². The fourth-order valence-corrected chi connectivity index (χ4v) is 4.13. The Morgan fingerprint density at radius 1 is 1.10 bits per heavy atom. The van der Waals surface area contributed by atoms with Crippen LogP contribution in [-0.4, -0.2) is 77.3 Å². The Kier molecular flexibility index (Phi) is 4.94. The summed E-state index contributed by atoms with van der Waals surface area (Å²) in [5.41, 5.74) is 1.02. The average Bonchev–Trinajstić information content (AvgIpc) is 3.44. The molecule has 0 bridgehead atoms. The van der Waals surface area contributed by atoms with E-state index >= 15 is 0 Å². The van der Waals surface area contributed by atoms with Crippen LogP contribution in [0.15, 0.2) is 36.7 Å². The summed E-state index contributed by atoms with van der Waals surface area (Å²) in [6, 6.07) is 9.62. The third-order valence-corrected chi connectivity index (χ3v) is 5.76. The van der Waals surface area contributed by atoms with Crippen molar-refractivity contribution in [1.82, 2.24) is 44.6 Å². The number of nitrogens with one attached hydrogen (secondary N) is 1. The molecule has 3 aromatic rings. The highest BCUT2D eigenvalue weighted by Gasteiger charge is 2.38. The highest BCUT2D eigenvalue weighted by atomic mass is 16.2. The molecule has 2 aliphatic heterocycles. The maximum absolute atomic E-state index is 12.8. The van der Waals surface area contributed by atoms with E-state index < -0.39 is 0 Å². The number of aromatic nitrogens is 6. The minimum absolute atomic E-state index is 0.113. The van der Waals surface area contributed by atoms with Crippen molar-refractivity contribution < 1.29 is 9.59 Å². The van der Waals surface area contributed by atoms with Crippen molar-refractivity contribution in [2.45, 2.75) is 19.1 Å². The molecule has 11 nitrogen and oxygen atoms in total. The van der Waals surface area contributed by atoms with Crippen molar-refractivity contribution in [2.75, 3.05) is 26.2 Å². The van der Waals surface area contributed by atoms with E-state index in [1.165, 1.54) is 11.0 Å². The highest BCUT2D eigenvalue weighted by molar-refractivity contribution is 5.91. The van der Waals surface area contributed by atoms with E-state index in [4.69, 9.17) is 0 Å². The molecule has 1 aromatic carbocycles. The Bertz CT molecular complexity index is 1110. The van der Waals surface area contributed by atoms with Gasteiger partial charge in [0.2, 0.25) is 11.6 Å². The molecule has 0 aliphatic carbocycles. The van der Waals surface area contributed by atoms with Gasteiger partial charge in [0, 0.05) is 46.3 Å². The van der Waals surface area contributed by atoms with Crippen molar-refractivity contribution in [3.05, 3.63) is 59.7 Å². The third-order valence-electron chi connectivity index (χ3n) is 5.76. The molecule has 0 radical (unpaired) electrons. The zero-order chi connectivity index (χ0) is 21.4. The number of benzene rings is 1. The summed E-state index contributed by atoms with van der Waals surface area (Å²) >= 11 is 0. The van der Waals surface area contributed by atoms with Gasteiger partial charge in [-0.05, 0) is 5.56 Å². The Morgan fingerprint density at radius 3 is 2.68 bits per heavy atom. The van der Waals surface area contributed by atoms with Gasteiger partial charge in [-0.15, -0.1) is 15.3 Å². The van der Waals surface area contributed by atoms with Gasteiger partial charge in [-0.1, -0.05) is 30.3 Å². The summed E-state index contributed by atoms with van der Waals surface area (Å²) in [5.74, 6) is 0.757. The molecule has 1 fully saturated rings. The summed E-state index contributed by atoms with van der Waals surface area (Å²) < 4.78 is 3.38. The van der Waals surface area contributed by atoms with Crippen molar-refractivity contribution >= 4 is 11.8 Å². The van der Waals surface area contributed by atoms with Gasteiger partial charge < -0.3 is 14.8 Å². The largest absolute Gasteiger partial charge is 0.345 e. The zero-order valence-electron chi connectivity index (χ0n) is 17.2. The molecular weight excluding hydrogens is 398 g/mol. The standard InChI is InChI=1S/C20H23N9O2/c1-26-13-22-16(25-26)20(31)28-8-7-27-9-10-29-17(15(27)12-28)23-24-18(29)19(30)21-11-14-5-3-2-4-6-14/h2-6,13,15H,7-12H2,1H3,(H,21,30)/t15-/m0/s1. The number of fused-ring (bicyclic) bond motifs is 3. The number of carbonyl (C=O) groups is 2. The molecule has 11 heteroatoms. The van der Waals surface area contributed by atoms with Crippen LogP contribution in [0.1, 0.15) is 38.7 Å². The molecule has 0 unspecified atom stereocenters. The summed E-state index contributed by atoms with van der Waals surface area (Å²) in [5, 5.41) is 15.5. The smallest absolute Gasteiger partial charge is 0.293 e. The first-order chi connectivity index (χ1) is 15.1. The second-order valence-electron chi connectivity index (χ2n) is 7.75. The number of rotatable bonds is 4. The SMILES string of the molecule is Cn1cnc(C(=O)N2CCN3CCn4c(C(=O)NCc5ccccc5)nnc4[C@@H]3C2)n1. The minimum atomic E-state index is -0.252. The van der Waals surface area contributed by atoms with Crippen LogP contribution in [-0.2, 0) is 20.1 Å². The molecule has 31 heavy (non-hydrogen) atoms. The second kappa shape index (κ2) is 7.91. The van der Waals surface area contributed by atoms with Crippen molar-refractivity contribution in [2.24, 2.45) is 7.05 Å². The number of hydrogen-bond donors (Lipinski definition) is 1. The molecule has 160 valence electrons. The first-order valence-corrected chi connectivity index (χ1v) is 10.2. The molecule has 4 heterocycles. The molecule has 0 saturated carbocycles. The van der Waals surface area contributed by atoms with Crippen LogP contribution >= 0.6 is 0 Å². The second-order valence-corrected chi connectivity index (χ2v) is 7.75. The first kappa shape index (κ1) is 19.4. The van der Waals surface area contributed by atoms with Gasteiger partial charge in [0.1, 0.15) is 6.33 Å². The zero-order valence-corrected chi connectivity index (χ0v) is 17.2. The molecule has 0 spiro atoms. The topological polar surface area (TPSA) is 114 Å². The molecule has 1 atom stereocenters. The van der Waals surface area contributed by atoms with Crippen molar-refractivity contribution in [3.63, 3.8) is 0 Å². The van der Waals surface area contributed by atoms with Gasteiger partial charge >= 0.3 is 0 Å². The Balaban J connectivity index is 1.31. The van der Waals surface area contributed by atoms with E-state index in [-0.39, 0.29) is 23.7 Å². The summed E-state index contributed by atoms with van der Waals surface area (Å²) in [7, 11) is 1.73. The molecule has 1 saturated heterocycles. The Morgan fingerprint density at radius 2 is 1.90 bits per heavy atom. The number of aryl methyl sites for hydroxylation is 1. The van der Waals surface area contributed by atoms with E-state index in [0.29, 0.717) is 37.8 Å².